The van der Waals surface area contributed by atoms with Gasteiger partial charge in [-0.15, -0.1) is 0 Å². The molecular formula is C20H31N3O3. The predicted molar refractivity (Wildman–Crippen MR) is 103 cm³/mol. The molecule has 1 saturated carbocycles. The molecule has 1 aromatic heterocycles. The van der Waals surface area contributed by atoms with E-state index in [1.54, 1.807) is 19.2 Å². The van der Waals surface area contributed by atoms with Crippen molar-refractivity contribution in [1.29, 1.82) is 0 Å². The van der Waals surface area contributed by atoms with Crippen LogP contribution in [0, 0.1) is 11.3 Å². The van der Waals surface area contributed by atoms with E-state index in [2.05, 4.69) is 15.6 Å². The van der Waals surface area contributed by atoms with Crippen LogP contribution in [-0.4, -0.2) is 28.5 Å². The van der Waals surface area contributed by atoms with Crippen molar-refractivity contribution in [2.75, 3.05) is 17.2 Å². The Morgan fingerprint density at radius 1 is 1.27 bits per heavy atom. The SMILES string of the molecule is CC(C(=O)O)c1cc(NC(=O)C(C)(C)C)cnc1NCC1CCCCC1. The number of rotatable bonds is 6. The minimum Gasteiger partial charge on any atom is -0.481 e. The van der Waals surface area contributed by atoms with Gasteiger partial charge in [0.2, 0.25) is 5.91 Å². The average molecular weight is 361 g/mol. The lowest BCUT2D eigenvalue weighted by Gasteiger charge is -2.23. The number of carbonyl (C=O) groups excluding carboxylic acids is 1. The van der Waals surface area contributed by atoms with Crippen LogP contribution in [0.2, 0.25) is 0 Å². The highest BCUT2D eigenvalue weighted by Gasteiger charge is 2.24. The molecule has 0 saturated heterocycles. The second-order valence-corrected chi connectivity index (χ2v) is 8.31. The lowest BCUT2D eigenvalue weighted by molar-refractivity contribution is -0.138. The van der Waals surface area contributed by atoms with Crippen LogP contribution in [0.15, 0.2) is 12.3 Å². The molecule has 1 amide bonds. The van der Waals surface area contributed by atoms with E-state index in [0.717, 1.165) is 6.54 Å². The number of aromatic nitrogens is 1. The first-order chi connectivity index (χ1) is 12.2. The van der Waals surface area contributed by atoms with Crippen LogP contribution < -0.4 is 10.6 Å². The van der Waals surface area contributed by atoms with Gasteiger partial charge in [-0.05, 0) is 31.7 Å². The predicted octanol–water partition coefficient (Wildman–Crippen LogP) is 4.25. The fourth-order valence-electron chi connectivity index (χ4n) is 3.11. The second-order valence-electron chi connectivity index (χ2n) is 8.31. The van der Waals surface area contributed by atoms with Gasteiger partial charge in [0.05, 0.1) is 17.8 Å². The molecule has 0 aliphatic heterocycles. The Kier molecular flexibility index (Phi) is 6.62. The summed E-state index contributed by atoms with van der Waals surface area (Å²) in [5.74, 6) is -0.538. The molecule has 144 valence electrons. The second kappa shape index (κ2) is 8.52. The molecule has 1 unspecified atom stereocenters. The number of carbonyl (C=O) groups is 2. The third-order valence-electron chi connectivity index (χ3n) is 4.98. The van der Waals surface area contributed by atoms with E-state index in [9.17, 15) is 14.7 Å². The Balaban J connectivity index is 2.18. The van der Waals surface area contributed by atoms with Gasteiger partial charge in [0.15, 0.2) is 0 Å². The maximum atomic E-state index is 12.2. The molecular weight excluding hydrogens is 330 g/mol. The average Bonchev–Trinajstić information content (AvgIpc) is 2.59. The van der Waals surface area contributed by atoms with E-state index in [1.165, 1.54) is 32.1 Å². The molecule has 2 rings (SSSR count). The Bertz CT molecular complexity index is 646. The normalized spacial score (nSPS) is 16.8. The highest BCUT2D eigenvalue weighted by molar-refractivity contribution is 5.94. The molecule has 3 N–H and O–H groups in total. The minimum absolute atomic E-state index is 0.129. The summed E-state index contributed by atoms with van der Waals surface area (Å²) >= 11 is 0. The molecule has 0 aromatic carbocycles. The van der Waals surface area contributed by atoms with Crippen LogP contribution >= 0.6 is 0 Å². The van der Waals surface area contributed by atoms with E-state index in [-0.39, 0.29) is 5.91 Å². The fourth-order valence-corrected chi connectivity index (χ4v) is 3.11. The summed E-state index contributed by atoms with van der Waals surface area (Å²) < 4.78 is 0. The van der Waals surface area contributed by atoms with Gasteiger partial charge in [0, 0.05) is 17.5 Å². The zero-order valence-electron chi connectivity index (χ0n) is 16.3. The zero-order valence-corrected chi connectivity index (χ0v) is 16.3. The molecule has 1 aromatic rings. The van der Waals surface area contributed by atoms with Gasteiger partial charge in [-0.3, -0.25) is 9.59 Å². The monoisotopic (exact) mass is 361 g/mol. The number of amides is 1. The van der Waals surface area contributed by atoms with E-state index in [0.29, 0.717) is 23.0 Å². The summed E-state index contributed by atoms with van der Waals surface area (Å²) in [4.78, 5) is 28.1. The van der Waals surface area contributed by atoms with Gasteiger partial charge in [-0.1, -0.05) is 40.0 Å². The van der Waals surface area contributed by atoms with Crippen molar-refractivity contribution in [2.24, 2.45) is 11.3 Å². The van der Waals surface area contributed by atoms with Crippen LogP contribution in [0.1, 0.15) is 71.3 Å². The molecule has 1 fully saturated rings. The molecule has 26 heavy (non-hydrogen) atoms. The van der Waals surface area contributed by atoms with Crippen LogP contribution in [0.3, 0.4) is 0 Å². The summed E-state index contributed by atoms with van der Waals surface area (Å²) in [7, 11) is 0. The van der Waals surface area contributed by atoms with Crippen molar-refractivity contribution in [3.8, 4) is 0 Å². The molecule has 6 heteroatoms. The number of carboxylic acids is 1. The number of nitrogens with one attached hydrogen (secondary N) is 2. The number of carboxylic acid groups (broad SMARTS) is 1. The van der Waals surface area contributed by atoms with Crippen molar-refractivity contribution in [3.63, 3.8) is 0 Å². The summed E-state index contributed by atoms with van der Waals surface area (Å²) in [6.07, 6.45) is 7.82. The van der Waals surface area contributed by atoms with Gasteiger partial charge >= 0.3 is 5.97 Å². The Morgan fingerprint density at radius 3 is 2.50 bits per heavy atom. The van der Waals surface area contributed by atoms with Crippen LogP contribution in [0.25, 0.3) is 0 Å². The lowest BCUT2D eigenvalue weighted by Crippen LogP contribution is -2.28. The maximum Gasteiger partial charge on any atom is 0.310 e. The molecule has 0 radical (unpaired) electrons. The van der Waals surface area contributed by atoms with Gasteiger partial charge in [0.1, 0.15) is 5.82 Å². The number of hydrogen-bond acceptors (Lipinski definition) is 4. The highest BCUT2D eigenvalue weighted by atomic mass is 16.4. The van der Waals surface area contributed by atoms with Crippen LogP contribution in [-0.2, 0) is 9.59 Å². The van der Waals surface area contributed by atoms with Gasteiger partial charge < -0.3 is 15.7 Å². The maximum absolute atomic E-state index is 12.2. The number of aliphatic carboxylic acids is 1. The fraction of sp³-hybridized carbons (Fsp3) is 0.650. The van der Waals surface area contributed by atoms with Crippen molar-refractivity contribution in [3.05, 3.63) is 17.8 Å². The summed E-state index contributed by atoms with van der Waals surface area (Å²) in [5, 5.41) is 15.6. The third-order valence-corrected chi connectivity index (χ3v) is 4.98. The first kappa shape index (κ1) is 20.2. The standard InChI is InChI=1S/C20H31N3O3/c1-13(18(24)25)16-10-15(23-19(26)20(2,3)4)12-22-17(16)21-11-14-8-6-5-7-9-14/h10,12-14H,5-9,11H2,1-4H3,(H,21,22)(H,23,26)(H,24,25). The first-order valence-electron chi connectivity index (χ1n) is 9.46. The Labute approximate surface area is 155 Å². The number of hydrogen-bond donors (Lipinski definition) is 3. The number of anilines is 2. The van der Waals surface area contributed by atoms with E-state index < -0.39 is 17.3 Å². The molecule has 0 spiro atoms. The van der Waals surface area contributed by atoms with Crippen molar-refractivity contribution in [2.45, 2.75) is 65.7 Å². The van der Waals surface area contributed by atoms with Crippen LogP contribution in [0.5, 0.6) is 0 Å². The summed E-state index contributed by atoms with van der Waals surface area (Å²) in [6, 6.07) is 1.72. The molecule has 1 aliphatic rings. The molecule has 1 heterocycles. The first-order valence-corrected chi connectivity index (χ1v) is 9.46. The smallest absolute Gasteiger partial charge is 0.310 e. The van der Waals surface area contributed by atoms with Crippen molar-refractivity contribution in [1.82, 2.24) is 4.98 Å². The highest BCUT2D eigenvalue weighted by Crippen LogP contribution is 2.29. The summed E-state index contributed by atoms with van der Waals surface area (Å²) in [5.41, 5.74) is 0.590. The quantitative estimate of drug-likeness (QED) is 0.705. The number of nitrogens with zero attached hydrogens (tertiary/aromatic N) is 1. The Hall–Kier alpha value is -2.11. The summed E-state index contributed by atoms with van der Waals surface area (Å²) in [6.45, 7) is 7.93. The molecule has 1 atom stereocenters. The third kappa shape index (κ3) is 5.44. The van der Waals surface area contributed by atoms with E-state index in [4.69, 9.17) is 0 Å². The zero-order chi connectivity index (χ0) is 19.3. The van der Waals surface area contributed by atoms with Gasteiger partial charge in [-0.2, -0.15) is 0 Å². The Morgan fingerprint density at radius 2 is 1.92 bits per heavy atom. The number of pyridine rings is 1. The largest absolute Gasteiger partial charge is 0.481 e. The minimum atomic E-state index is -0.910. The molecule has 0 bridgehead atoms. The van der Waals surface area contributed by atoms with E-state index >= 15 is 0 Å². The van der Waals surface area contributed by atoms with Crippen molar-refractivity contribution >= 4 is 23.4 Å². The van der Waals surface area contributed by atoms with Gasteiger partial charge in [-0.25, -0.2) is 4.98 Å². The van der Waals surface area contributed by atoms with E-state index in [1.807, 2.05) is 20.8 Å². The molecule has 6 nitrogen and oxygen atoms in total. The molecule has 1 aliphatic carbocycles. The van der Waals surface area contributed by atoms with Crippen LogP contribution in [0.4, 0.5) is 11.5 Å². The van der Waals surface area contributed by atoms with Gasteiger partial charge in [0.25, 0.3) is 0 Å². The lowest BCUT2D eigenvalue weighted by atomic mass is 9.89. The van der Waals surface area contributed by atoms with Crippen molar-refractivity contribution < 1.29 is 14.7 Å². The topological polar surface area (TPSA) is 91.3 Å².